The van der Waals surface area contributed by atoms with Crippen LogP contribution in [0.15, 0.2) is 42.5 Å². The summed E-state index contributed by atoms with van der Waals surface area (Å²) >= 11 is 6.06. The Balaban J connectivity index is 1.73. The van der Waals surface area contributed by atoms with Crippen LogP contribution in [0.5, 0.6) is 0 Å². The third-order valence-corrected chi connectivity index (χ3v) is 4.31. The molecule has 110 valence electrons. The van der Waals surface area contributed by atoms with Gasteiger partial charge in [0.1, 0.15) is 0 Å². The fourth-order valence-electron chi connectivity index (χ4n) is 3.04. The summed E-state index contributed by atoms with van der Waals surface area (Å²) in [5, 5.41) is 13.4. The van der Waals surface area contributed by atoms with E-state index in [-0.39, 0.29) is 6.61 Å². The van der Waals surface area contributed by atoms with Crippen molar-refractivity contribution in [3.8, 4) is 0 Å². The topological polar surface area (TPSA) is 32.3 Å². The van der Waals surface area contributed by atoms with Crippen molar-refractivity contribution in [1.29, 1.82) is 0 Å². The number of aryl methyl sites for hydroxylation is 2. The molecule has 2 nitrogen and oxygen atoms in total. The van der Waals surface area contributed by atoms with E-state index in [0.717, 1.165) is 36.4 Å². The number of hydrogen-bond donors (Lipinski definition) is 2. The van der Waals surface area contributed by atoms with Gasteiger partial charge in [0.05, 0.1) is 6.04 Å². The molecule has 1 aliphatic rings. The normalized spacial score (nSPS) is 16.8. The van der Waals surface area contributed by atoms with Crippen LogP contribution in [-0.2, 0) is 12.8 Å². The highest BCUT2D eigenvalue weighted by atomic mass is 35.5. The molecule has 0 radical (unpaired) electrons. The van der Waals surface area contributed by atoms with Crippen molar-refractivity contribution >= 4 is 17.3 Å². The first kappa shape index (κ1) is 14.4. The number of fused-ring (bicyclic) bond motifs is 1. The Labute approximate surface area is 130 Å². The lowest BCUT2D eigenvalue weighted by molar-refractivity contribution is 0.288. The molecule has 0 aromatic heterocycles. The van der Waals surface area contributed by atoms with Gasteiger partial charge in [-0.05, 0) is 66.6 Å². The summed E-state index contributed by atoms with van der Waals surface area (Å²) in [4.78, 5) is 0. The minimum atomic E-state index is 0.244. The molecule has 1 unspecified atom stereocenters. The predicted molar refractivity (Wildman–Crippen MR) is 88.0 cm³/mol. The van der Waals surface area contributed by atoms with Gasteiger partial charge in [-0.15, -0.1) is 0 Å². The summed E-state index contributed by atoms with van der Waals surface area (Å²) in [7, 11) is 0. The van der Waals surface area contributed by atoms with Gasteiger partial charge in [0.25, 0.3) is 0 Å². The minimum absolute atomic E-state index is 0.244. The fraction of sp³-hybridized carbons (Fsp3) is 0.333. The molecule has 0 aliphatic heterocycles. The molecule has 0 bridgehead atoms. The maximum Gasteiger partial charge on any atom is 0.0519 e. The quantitative estimate of drug-likeness (QED) is 0.860. The number of aliphatic hydroxyl groups excluding tert-OH is 1. The second-order valence-corrected chi connectivity index (χ2v) is 6.04. The van der Waals surface area contributed by atoms with Crippen LogP contribution in [0.3, 0.4) is 0 Å². The van der Waals surface area contributed by atoms with Crippen LogP contribution >= 0.6 is 11.6 Å². The van der Waals surface area contributed by atoms with Gasteiger partial charge in [0.2, 0.25) is 0 Å². The van der Waals surface area contributed by atoms with Crippen molar-refractivity contribution in [2.75, 3.05) is 11.9 Å². The van der Waals surface area contributed by atoms with E-state index in [0.29, 0.717) is 6.04 Å². The van der Waals surface area contributed by atoms with E-state index in [1.54, 1.807) is 0 Å². The van der Waals surface area contributed by atoms with Crippen molar-refractivity contribution in [1.82, 2.24) is 0 Å². The van der Waals surface area contributed by atoms with Crippen LogP contribution in [0.4, 0.5) is 5.69 Å². The summed E-state index contributed by atoms with van der Waals surface area (Å²) in [6.07, 6.45) is 3.92. The van der Waals surface area contributed by atoms with E-state index in [2.05, 4.69) is 41.7 Å². The third-order valence-electron chi connectivity index (χ3n) is 4.07. The van der Waals surface area contributed by atoms with Gasteiger partial charge < -0.3 is 10.4 Å². The number of anilines is 1. The second kappa shape index (κ2) is 6.50. The van der Waals surface area contributed by atoms with E-state index >= 15 is 0 Å². The molecule has 1 aliphatic carbocycles. The van der Waals surface area contributed by atoms with Crippen LogP contribution in [0.25, 0.3) is 0 Å². The van der Waals surface area contributed by atoms with Crippen LogP contribution in [0.2, 0.25) is 5.02 Å². The smallest absolute Gasteiger partial charge is 0.0519 e. The van der Waals surface area contributed by atoms with Crippen LogP contribution < -0.4 is 5.32 Å². The molecule has 2 N–H and O–H groups in total. The minimum Gasteiger partial charge on any atom is -0.396 e. The summed E-state index contributed by atoms with van der Waals surface area (Å²) in [5.74, 6) is 0. The predicted octanol–water partition coefficient (Wildman–Crippen LogP) is 4.36. The second-order valence-electron chi connectivity index (χ2n) is 5.61. The molecule has 0 spiro atoms. The van der Waals surface area contributed by atoms with Crippen molar-refractivity contribution in [3.05, 3.63) is 64.2 Å². The SMILES string of the molecule is OCCCc1cccc(NC2CCc3cc(Cl)ccc32)c1. The lowest BCUT2D eigenvalue weighted by Gasteiger charge is -2.16. The number of halogens is 1. The van der Waals surface area contributed by atoms with E-state index in [1.807, 2.05) is 6.07 Å². The summed E-state index contributed by atoms with van der Waals surface area (Å²) < 4.78 is 0. The highest BCUT2D eigenvalue weighted by Crippen LogP contribution is 2.35. The molecule has 2 aromatic carbocycles. The average Bonchev–Trinajstić information content (AvgIpc) is 2.87. The molecule has 1 atom stereocenters. The maximum atomic E-state index is 8.93. The number of hydrogen-bond acceptors (Lipinski definition) is 2. The highest BCUT2D eigenvalue weighted by Gasteiger charge is 2.22. The Morgan fingerprint density at radius 2 is 2.10 bits per heavy atom. The Hall–Kier alpha value is -1.51. The van der Waals surface area contributed by atoms with Crippen molar-refractivity contribution in [2.24, 2.45) is 0 Å². The zero-order valence-electron chi connectivity index (χ0n) is 12.0. The molecule has 0 amide bonds. The first-order chi connectivity index (χ1) is 10.3. The average molecular weight is 302 g/mol. The van der Waals surface area contributed by atoms with Crippen molar-refractivity contribution < 1.29 is 5.11 Å². The molecule has 0 saturated carbocycles. The zero-order chi connectivity index (χ0) is 14.7. The summed E-state index contributed by atoms with van der Waals surface area (Å²) in [6, 6.07) is 15.0. The van der Waals surface area contributed by atoms with Gasteiger partial charge in [-0.2, -0.15) is 0 Å². The molecule has 0 fully saturated rings. The summed E-state index contributed by atoms with van der Waals surface area (Å²) in [6.45, 7) is 0.244. The van der Waals surface area contributed by atoms with Crippen LogP contribution in [-0.4, -0.2) is 11.7 Å². The number of nitrogens with one attached hydrogen (secondary N) is 1. The molecule has 0 saturated heterocycles. The standard InChI is InChI=1S/C18H20ClNO/c19-15-7-8-17-14(12-15)6-9-18(17)20-16-5-1-3-13(11-16)4-2-10-21/h1,3,5,7-8,11-12,18,20-21H,2,4,6,9-10H2. The maximum absolute atomic E-state index is 8.93. The van der Waals surface area contributed by atoms with Crippen molar-refractivity contribution in [3.63, 3.8) is 0 Å². The first-order valence-corrected chi connectivity index (χ1v) is 7.89. The van der Waals surface area contributed by atoms with E-state index < -0.39 is 0 Å². The van der Waals surface area contributed by atoms with Gasteiger partial charge in [-0.1, -0.05) is 29.8 Å². The Morgan fingerprint density at radius 1 is 1.19 bits per heavy atom. The Bertz CT molecular complexity index is 626. The largest absolute Gasteiger partial charge is 0.396 e. The van der Waals surface area contributed by atoms with Gasteiger partial charge in [0.15, 0.2) is 0 Å². The number of benzene rings is 2. The lowest BCUT2D eigenvalue weighted by Crippen LogP contribution is -2.07. The Morgan fingerprint density at radius 3 is 2.95 bits per heavy atom. The van der Waals surface area contributed by atoms with Gasteiger partial charge >= 0.3 is 0 Å². The number of rotatable bonds is 5. The number of aliphatic hydroxyl groups is 1. The monoisotopic (exact) mass is 301 g/mol. The lowest BCUT2D eigenvalue weighted by atomic mass is 10.1. The third kappa shape index (κ3) is 3.39. The molecule has 3 heteroatoms. The van der Waals surface area contributed by atoms with Gasteiger partial charge in [-0.3, -0.25) is 0 Å². The molecule has 3 rings (SSSR count). The van der Waals surface area contributed by atoms with Crippen LogP contribution in [0, 0.1) is 0 Å². The molecule has 21 heavy (non-hydrogen) atoms. The van der Waals surface area contributed by atoms with E-state index in [1.165, 1.54) is 16.7 Å². The summed E-state index contributed by atoms with van der Waals surface area (Å²) in [5.41, 5.74) is 5.14. The van der Waals surface area contributed by atoms with Gasteiger partial charge in [0, 0.05) is 17.3 Å². The zero-order valence-corrected chi connectivity index (χ0v) is 12.7. The molecule has 0 heterocycles. The molecular formula is C18H20ClNO. The van der Waals surface area contributed by atoms with Gasteiger partial charge in [-0.25, -0.2) is 0 Å². The highest BCUT2D eigenvalue weighted by molar-refractivity contribution is 6.30. The van der Waals surface area contributed by atoms with E-state index in [9.17, 15) is 0 Å². The Kier molecular flexibility index (Phi) is 4.47. The molecular weight excluding hydrogens is 282 g/mol. The van der Waals surface area contributed by atoms with Crippen molar-refractivity contribution in [2.45, 2.75) is 31.7 Å². The fourth-order valence-corrected chi connectivity index (χ4v) is 3.23. The first-order valence-electron chi connectivity index (χ1n) is 7.51. The molecule has 2 aromatic rings. The van der Waals surface area contributed by atoms with E-state index in [4.69, 9.17) is 16.7 Å². The van der Waals surface area contributed by atoms with Crippen LogP contribution in [0.1, 0.15) is 35.6 Å².